The smallest absolute Gasteiger partial charge is 0.143 e. The minimum Gasteiger partial charge on any atom is -0.383 e. The number of nitrogen functional groups attached to an aromatic ring is 1. The standard InChI is InChI=1S/C14H6BrN5/c15-9-3-1-8(2-4-9)13-11(6-17)10(5-16)12(7-18)14(19)20-13/h1-4H,(H2,19,20). The van der Waals surface area contributed by atoms with Gasteiger partial charge in [0.1, 0.15) is 29.6 Å². The topological polar surface area (TPSA) is 110 Å². The van der Waals surface area contributed by atoms with Crippen LogP contribution < -0.4 is 5.73 Å². The van der Waals surface area contributed by atoms with Crippen LogP contribution in [0.4, 0.5) is 5.82 Å². The molecule has 0 aliphatic heterocycles. The van der Waals surface area contributed by atoms with Crippen molar-refractivity contribution in [3.63, 3.8) is 0 Å². The van der Waals surface area contributed by atoms with Crippen LogP contribution in [0.3, 0.4) is 0 Å². The molecule has 1 heterocycles. The van der Waals surface area contributed by atoms with Gasteiger partial charge in [0.05, 0.1) is 16.8 Å². The van der Waals surface area contributed by atoms with Gasteiger partial charge in [-0.3, -0.25) is 0 Å². The van der Waals surface area contributed by atoms with Crippen molar-refractivity contribution in [1.82, 2.24) is 4.98 Å². The van der Waals surface area contributed by atoms with Gasteiger partial charge < -0.3 is 5.73 Å². The third-order valence-electron chi connectivity index (χ3n) is 2.68. The molecule has 94 valence electrons. The van der Waals surface area contributed by atoms with Crippen molar-refractivity contribution in [2.45, 2.75) is 0 Å². The average molecular weight is 324 g/mol. The Bertz CT molecular complexity index is 804. The van der Waals surface area contributed by atoms with Crippen LogP contribution in [0.5, 0.6) is 0 Å². The normalized spacial score (nSPS) is 9.30. The third-order valence-corrected chi connectivity index (χ3v) is 3.21. The second-order valence-corrected chi connectivity index (χ2v) is 4.73. The molecule has 1 aromatic heterocycles. The molecule has 0 aliphatic rings. The van der Waals surface area contributed by atoms with Gasteiger partial charge in [-0.15, -0.1) is 0 Å². The Kier molecular flexibility index (Phi) is 3.66. The molecule has 2 rings (SSSR count). The monoisotopic (exact) mass is 323 g/mol. The summed E-state index contributed by atoms with van der Waals surface area (Å²) in [5.41, 5.74) is 6.60. The van der Waals surface area contributed by atoms with Gasteiger partial charge >= 0.3 is 0 Å². The number of halogens is 1. The van der Waals surface area contributed by atoms with Gasteiger partial charge in [-0.05, 0) is 12.1 Å². The Balaban J connectivity index is 2.83. The first-order chi connectivity index (χ1) is 9.62. The van der Waals surface area contributed by atoms with Crippen LogP contribution in [-0.2, 0) is 0 Å². The number of hydrogen-bond donors (Lipinski definition) is 1. The van der Waals surface area contributed by atoms with Crippen LogP contribution in [0.15, 0.2) is 28.7 Å². The molecule has 20 heavy (non-hydrogen) atoms. The number of pyridine rings is 1. The fourth-order valence-corrected chi connectivity index (χ4v) is 2.02. The molecule has 2 N–H and O–H groups in total. The number of rotatable bonds is 1. The molecule has 1 aromatic carbocycles. The molecule has 0 amide bonds. The van der Waals surface area contributed by atoms with Gasteiger partial charge in [-0.1, -0.05) is 28.1 Å². The van der Waals surface area contributed by atoms with Gasteiger partial charge in [0.15, 0.2) is 0 Å². The maximum Gasteiger partial charge on any atom is 0.143 e. The number of nitriles is 3. The molecule has 0 atom stereocenters. The summed E-state index contributed by atoms with van der Waals surface area (Å²) in [5.74, 6) is -0.0547. The Hall–Kier alpha value is -2.88. The van der Waals surface area contributed by atoms with E-state index in [1.165, 1.54) is 0 Å². The zero-order valence-corrected chi connectivity index (χ0v) is 11.6. The van der Waals surface area contributed by atoms with Crippen LogP contribution >= 0.6 is 15.9 Å². The first kappa shape index (κ1) is 13.5. The van der Waals surface area contributed by atoms with Crippen molar-refractivity contribution in [1.29, 1.82) is 15.8 Å². The number of aromatic nitrogens is 1. The Labute approximate surface area is 123 Å². The molecule has 0 aliphatic carbocycles. The number of benzene rings is 1. The highest BCUT2D eigenvalue weighted by atomic mass is 79.9. The van der Waals surface area contributed by atoms with Gasteiger partial charge in [0.25, 0.3) is 0 Å². The van der Waals surface area contributed by atoms with Crippen molar-refractivity contribution in [2.24, 2.45) is 0 Å². The minimum absolute atomic E-state index is 0.0413. The molecule has 2 aromatic rings. The van der Waals surface area contributed by atoms with E-state index in [0.29, 0.717) is 11.3 Å². The van der Waals surface area contributed by atoms with E-state index in [9.17, 15) is 5.26 Å². The molecule has 0 unspecified atom stereocenters. The van der Waals surface area contributed by atoms with Gasteiger partial charge in [-0.25, -0.2) is 4.98 Å². The molecule has 6 heteroatoms. The Morgan fingerprint density at radius 1 is 0.900 bits per heavy atom. The Morgan fingerprint density at radius 3 is 1.95 bits per heavy atom. The van der Waals surface area contributed by atoms with E-state index in [0.717, 1.165) is 4.47 Å². The molecule has 0 saturated heterocycles. The lowest BCUT2D eigenvalue weighted by Crippen LogP contribution is -2.04. The maximum absolute atomic E-state index is 9.26. The first-order valence-corrected chi connectivity index (χ1v) is 6.21. The van der Waals surface area contributed by atoms with Gasteiger partial charge in [0.2, 0.25) is 0 Å². The lowest BCUT2D eigenvalue weighted by atomic mass is 9.98. The molecule has 0 saturated carbocycles. The molecule has 0 spiro atoms. The molecule has 0 bridgehead atoms. The van der Waals surface area contributed by atoms with E-state index in [1.54, 1.807) is 24.3 Å². The summed E-state index contributed by atoms with van der Waals surface area (Å²) in [6, 6.07) is 12.7. The van der Waals surface area contributed by atoms with E-state index in [2.05, 4.69) is 20.9 Å². The zero-order valence-electron chi connectivity index (χ0n) is 10.1. The van der Waals surface area contributed by atoms with Crippen molar-refractivity contribution < 1.29 is 0 Å². The van der Waals surface area contributed by atoms with Crippen molar-refractivity contribution in [3.05, 3.63) is 45.4 Å². The highest BCUT2D eigenvalue weighted by Gasteiger charge is 2.19. The summed E-state index contributed by atoms with van der Waals surface area (Å²) < 4.78 is 0.877. The predicted molar refractivity (Wildman–Crippen MR) is 75.9 cm³/mol. The second-order valence-electron chi connectivity index (χ2n) is 3.81. The zero-order chi connectivity index (χ0) is 14.7. The summed E-state index contributed by atoms with van der Waals surface area (Å²) in [4.78, 5) is 4.09. The summed E-state index contributed by atoms with van der Waals surface area (Å²) in [7, 11) is 0. The molecular weight excluding hydrogens is 318 g/mol. The molecule has 0 radical (unpaired) electrons. The highest BCUT2D eigenvalue weighted by Crippen LogP contribution is 2.29. The van der Waals surface area contributed by atoms with Crippen LogP contribution in [0.2, 0.25) is 0 Å². The van der Waals surface area contributed by atoms with Crippen LogP contribution in [0.25, 0.3) is 11.3 Å². The predicted octanol–water partition coefficient (Wildman–Crippen LogP) is 2.71. The van der Waals surface area contributed by atoms with E-state index in [4.69, 9.17) is 16.3 Å². The van der Waals surface area contributed by atoms with Crippen molar-refractivity contribution in [2.75, 3.05) is 5.73 Å². The number of nitrogens with zero attached hydrogens (tertiary/aromatic N) is 4. The molecule has 0 fully saturated rings. The summed E-state index contributed by atoms with van der Waals surface area (Å²) in [5, 5.41) is 27.4. The SMILES string of the molecule is N#Cc1c(N)nc(-c2ccc(Br)cc2)c(C#N)c1C#N. The summed E-state index contributed by atoms with van der Waals surface area (Å²) in [6.45, 7) is 0. The van der Waals surface area contributed by atoms with Gasteiger partial charge in [-0.2, -0.15) is 15.8 Å². The second kappa shape index (κ2) is 5.40. The molecular formula is C14H6BrN5. The van der Waals surface area contributed by atoms with Crippen molar-refractivity contribution in [3.8, 4) is 29.5 Å². The van der Waals surface area contributed by atoms with Crippen LogP contribution in [-0.4, -0.2) is 4.98 Å². The molecule has 5 nitrogen and oxygen atoms in total. The highest BCUT2D eigenvalue weighted by molar-refractivity contribution is 9.10. The van der Waals surface area contributed by atoms with E-state index < -0.39 is 0 Å². The first-order valence-electron chi connectivity index (χ1n) is 5.42. The maximum atomic E-state index is 9.26. The minimum atomic E-state index is -0.0649. The van der Waals surface area contributed by atoms with Crippen molar-refractivity contribution >= 4 is 21.7 Å². The van der Waals surface area contributed by atoms with E-state index >= 15 is 0 Å². The number of hydrogen-bond acceptors (Lipinski definition) is 5. The quantitative estimate of drug-likeness (QED) is 0.867. The fraction of sp³-hybridized carbons (Fsp3) is 0. The third kappa shape index (κ3) is 2.19. The lowest BCUT2D eigenvalue weighted by molar-refractivity contribution is 1.26. The van der Waals surface area contributed by atoms with Crippen LogP contribution in [0.1, 0.15) is 16.7 Å². The summed E-state index contributed by atoms with van der Waals surface area (Å²) >= 11 is 3.31. The number of anilines is 1. The lowest BCUT2D eigenvalue weighted by Gasteiger charge is -2.08. The largest absolute Gasteiger partial charge is 0.383 e. The van der Waals surface area contributed by atoms with E-state index in [1.807, 2.05) is 18.2 Å². The van der Waals surface area contributed by atoms with Crippen LogP contribution in [0, 0.1) is 34.0 Å². The van der Waals surface area contributed by atoms with Gasteiger partial charge in [0, 0.05) is 10.0 Å². The fourth-order valence-electron chi connectivity index (χ4n) is 1.75. The average Bonchev–Trinajstić information content (AvgIpc) is 2.46. The Morgan fingerprint density at radius 2 is 1.45 bits per heavy atom. The summed E-state index contributed by atoms with van der Waals surface area (Å²) in [6.07, 6.45) is 0. The number of nitrogens with two attached hydrogens (primary N) is 1. The van der Waals surface area contributed by atoms with E-state index in [-0.39, 0.29) is 22.5 Å².